The van der Waals surface area contributed by atoms with E-state index in [4.69, 9.17) is 30.8 Å². The smallest absolute Gasteiger partial charge is 0.173 e. The largest absolute Gasteiger partial charge is 0.493 e. The number of morpholine rings is 1. The average molecular weight is 607 g/mol. The van der Waals surface area contributed by atoms with E-state index in [1.807, 2.05) is 37.3 Å². The van der Waals surface area contributed by atoms with Gasteiger partial charge in [-0.1, -0.05) is 23.4 Å². The Labute approximate surface area is 255 Å². The molecule has 220 valence electrons. The first-order valence-corrected chi connectivity index (χ1v) is 15.2. The van der Waals surface area contributed by atoms with Gasteiger partial charge in [0.05, 0.1) is 54.4 Å². The van der Waals surface area contributed by atoms with Gasteiger partial charge in [-0.05, 0) is 51.5 Å². The highest BCUT2D eigenvalue weighted by atomic mass is 35.5. The highest BCUT2D eigenvalue weighted by Gasteiger charge is 2.17. The third-order valence-corrected chi connectivity index (χ3v) is 8.89. The third kappa shape index (κ3) is 6.60. The van der Waals surface area contributed by atoms with E-state index in [1.165, 1.54) is 11.8 Å². The van der Waals surface area contributed by atoms with Gasteiger partial charge in [0.1, 0.15) is 6.07 Å². The van der Waals surface area contributed by atoms with Gasteiger partial charge >= 0.3 is 0 Å². The summed E-state index contributed by atoms with van der Waals surface area (Å²) in [5.74, 6) is 1.20. The minimum atomic E-state index is 0.411. The second-order valence-corrected chi connectivity index (χ2v) is 11.4. The quantitative estimate of drug-likeness (QED) is 0.189. The lowest BCUT2D eigenvalue weighted by Crippen LogP contribution is -2.37. The molecule has 42 heavy (non-hydrogen) atoms. The molecule has 0 saturated carbocycles. The van der Waals surface area contributed by atoms with E-state index < -0.39 is 0 Å². The zero-order valence-corrected chi connectivity index (χ0v) is 25.9. The topological polar surface area (TPSA) is 97.5 Å². The maximum atomic E-state index is 9.89. The minimum absolute atomic E-state index is 0.411. The number of aromatic nitrogens is 3. The Hall–Kier alpha value is -3.49. The van der Waals surface area contributed by atoms with Gasteiger partial charge in [0.25, 0.3) is 0 Å². The molecule has 0 atom stereocenters. The predicted octanol–water partition coefficient (Wildman–Crippen LogP) is 6.60. The zero-order chi connectivity index (χ0) is 29.6. The fourth-order valence-electron chi connectivity index (χ4n) is 4.96. The number of nitrogens with one attached hydrogen (secondary N) is 1. The third-order valence-electron chi connectivity index (χ3n) is 7.40. The number of hydrogen-bond acceptors (Lipinski definition) is 9. The Balaban J connectivity index is 1.36. The number of fused-ring (bicyclic) bond motifs is 1. The molecule has 0 unspecified atom stereocenters. The van der Waals surface area contributed by atoms with Gasteiger partial charge in [0.15, 0.2) is 16.7 Å². The van der Waals surface area contributed by atoms with E-state index in [0.717, 1.165) is 78.3 Å². The molecule has 1 fully saturated rings. The number of methoxy groups -OCH3 is 1. The highest BCUT2D eigenvalue weighted by molar-refractivity contribution is 7.99. The summed E-state index contributed by atoms with van der Waals surface area (Å²) in [4.78, 5) is 12.5. The second kappa shape index (κ2) is 13.7. The molecule has 5 rings (SSSR count). The lowest BCUT2D eigenvalue weighted by Gasteiger charge is -2.26. The number of halogens is 1. The number of imidazole rings is 1. The first-order valence-electron chi connectivity index (χ1n) is 14.0. The van der Waals surface area contributed by atoms with Crippen LogP contribution < -0.4 is 14.8 Å². The predicted molar refractivity (Wildman–Crippen MR) is 167 cm³/mol. The van der Waals surface area contributed by atoms with Gasteiger partial charge < -0.3 is 24.1 Å². The van der Waals surface area contributed by atoms with Gasteiger partial charge in [-0.25, -0.2) is 4.98 Å². The summed E-state index contributed by atoms with van der Waals surface area (Å²) in [6.45, 7) is 12.0. The van der Waals surface area contributed by atoms with Crippen LogP contribution in [0.1, 0.15) is 30.3 Å². The number of ether oxygens (including phenoxy) is 3. The Morgan fingerprint density at radius 2 is 1.98 bits per heavy atom. The summed E-state index contributed by atoms with van der Waals surface area (Å²) < 4.78 is 19.4. The van der Waals surface area contributed by atoms with Crippen molar-refractivity contribution < 1.29 is 14.2 Å². The van der Waals surface area contributed by atoms with Crippen LogP contribution in [0.3, 0.4) is 0 Å². The van der Waals surface area contributed by atoms with Crippen molar-refractivity contribution in [2.75, 3.05) is 51.9 Å². The Kier molecular flexibility index (Phi) is 9.75. The minimum Gasteiger partial charge on any atom is -0.493 e. The van der Waals surface area contributed by atoms with Crippen LogP contribution in [0, 0.1) is 25.2 Å². The van der Waals surface area contributed by atoms with E-state index in [-0.39, 0.29) is 0 Å². The molecule has 2 aromatic carbocycles. The van der Waals surface area contributed by atoms with E-state index in [2.05, 4.69) is 39.7 Å². The Bertz CT molecular complexity index is 1610. The molecule has 0 bridgehead atoms. The molecule has 4 aromatic rings. The molecule has 1 aliphatic heterocycles. The maximum absolute atomic E-state index is 9.89. The number of nitriles is 1. The first kappa shape index (κ1) is 30.0. The lowest BCUT2D eigenvalue weighted by molar-refractivity contribution is 0.0357. The van der Waals surface area contributed by atoms with Crippen LogP contribution in [0.25, 0.3) is 10.9 Å². The number of pyridine rings is 1. The summed E-state index contributed by atoms with van der Waals surface area (Å²) >= 11 is 8.28. The van der Waals surface area contributed by atoms with Crippen molar-refractivity contribution in [1.82, 2.24) is 19.4 Å². The fourth-order valence-corrected chi connectivity index (χ4v) is 6.31. The number of aryl methyl sites for hydroxylation is 1. The molecular weight excluding hydrogens is 572 g/mol. The number of nitrogens with zero attached hydrogens (tertiary/aromatic N) is 5. The van der Waals surface area contributed by atoms with Gasteiger partial charge in [0.2, 0.25) is 0 Å². The molecule has 2 aromatic heterocycles. The van der Waals surface area contributed by atoms with Gasteiger partial charge in [-0.2, -0.15) is 5.26 Å². The monoisotopic (exact) mass is 606 g/mol. The fraction of sp³-hybridized carbons (Fsp3) is 0.387. The molecule has 0 aliphatic carbocycles. The first-order chi connectivity index (χ1) is 20.4. The summed E-state index contributed by atoms with van der Waals surface area (Å²) in [6.07, 6.45) is 2.46. The second-order valence-electron chi connectivity index (χ2n) is 10.0. The van der Waals surface area contributed by atoms with Crippen molar-refractivity contribution in [3.05, 3.63) is 58.5 Å². The van der Waals surface area contributed by atoms with Crippen molar-refractivity contribution in [3.63, 3.8) is 0 Å². The summed E-state index contributed by atoms with van der Waals surface area (Å²) in [7, 11) is 1.61. The molecule has 1 N–H and O–H groups in total. The summed E-state index contributed by atoms with van der Waals surface area (Å²) in [5, 5.41) is 15.5. The Morgan fingerprint density at radius 1 is 1.17 bits per heavy atom. The van der Waals surface area contributed by atoms with E-state index in [0.29, 0.717) is 39.9 Å². The average Bonchev–Trinajstić information content (AvgIpc) is 3.28. The van der Waals surface area contributed by atoms with Crippen molar-refractivity contribution in [3.8, 4) is 17.6 Å². The molecule has 0 spiro atoms. The molecule has 1 aliphatic rings. The summed E-state index contributed by atoms with van der Waals surface area (Å²) in [5.41, 5.74) is 4.65. The molecule has 11 heteroatoms. The SMILES string of the molecule is CCn1c(Sc2ccc(Nc3c(C#N)cnc4cc(OCCCN5CCOCC5)c(OC)cc34)cc2Cl)nc(C)c1C. The number of benzene rings is 2. The number of hydrogen-bond donors (Lipinski definition) is 1. The van der Waals surface area contributed by atoms with Crippen LogP contribution in [-0.2, 0) is 11.3 Å². The van der Waals surface area contributed by atoms with E-state index in [1.54, 1.807) is 13.3 Å². The van der Waals surface area contributed by atoms with Crippen LogP contribution in [0.5, 0.6) is 11.5 Å². The van der Waals surface area contributed by atoms with E-state index >= 15 is 0 Å². The molecule has 1 saturated heterocycles. The van der Waals surface area contributed by atoms with Crippen molar-refractivity contribution in [1.29, 1.82) is 5.26 Å². The van der Waals surface area contributed by atoms with Gasteiger partial charge in [-0.15, -0.1) is 0 Å². The van der Waals surface area contributed by atoms with Gasteiger partial charge in [0, 0.05) is 60.1 Å². The normalized spacial score (nSPS) is 13.7. The van der Waals surface area contributed by atoms with Crippen LogP contribution in [-0.4, -0.2) is 66.0 Å². The number of anilines is 2. The van der Waals surface area contributed by atoms with Crippen LogP contribution in [0.4, 0.5) is 11.4 Å². The lowest BCUT2D eigenvalue weighted by atomic mass is 10.1. The Morgan fingerprint density at radius 3 is 2.69 bits per heavy atom. The standard InChI is InChI=1S/C31H35ClN6O3S/c1-5-38-21(3)20(2)35-31(38)42-29-8-7-23(15-25(29)32)36-30-22(18-33)19-34-26-17-28(27(39-4)16-24(26)30)41-12-6-9-37-10-13-40-14-11-37/h7-8,15-17,19H,5-6,9-14H2,1-4H3,(H,34,36). The number of rotatable bonds is 11. The van der Waals surface area contributed by atoms with Crippen molar-refractivity contribution in [2.24, 2.45) is 0 Å². The van der Waals surface area contributed by atoms with Gasteiger partial charge in [-0.3, -0.25) is 9.88 Å². The summed E-state index contributed by atoms with van der Waals surface area (Å²) in [6, 6.07) is 11.8. The van der Waals surface area contributed by atoms with Crippen molar-refractivity contribution >= 4 is 45.6 Å². The molecular formula is C31H35ClN6O3S. The van der Waals surface area contributed by atoms with E-state index in [9.17, 15) is 5.26 Å². The van der Waals surface area contributed by atoms with Crippen molar-refractivity contribution in [2.45, 2.75) is 43.8 Å². The van der Waals surface area contributed by atoms with Crippen LogP contribution >= 0.6 is 23.4 Å². The molecule has 0 amide bonds. The maximum Gasteiger partial charge on any atom is 0.173 e. The van der Waals surface area contributed by atoms with Crippen LogP contribution in [0.2, 0.25) is 5.02 Å². The highest BCUT2D eigenvalue weighted by Crippen LogP contribution is 2.39. The molecule has 0 radical (unpaired) electrons. The van der Waals surface area contributed by atoms with Crippen LogP contribution in [0.15, 0.2) is 46.6 Å². The molecule has 3 heterocycles. The zero-order valence-electron chi connectivity index (χ0n) is 24.4. The molecule has 9 nitrogen and oxygen atoms in total.